The summed E-state index contributed by atoms with van der Waals surface area (Å²) in [6.07, 6.45) is -17.6. The molecule has 0 aliphatic carbocycles. The minimum absolute atomic E-state index is 0.0446. The number of rotatable bonds is 6. The van der Waals surface area contributed by atoms with E-state index in [1.807, 2.05) is 0 Å². The molecule has 0 saturated carbocycles. The fourth-order valence-electron chi connectivity index (χ4n) is 2.85. The lowest BCUT2D eigenvalue weighted by Crippen LogP contribution is -2.50. The molecule has 1 amide bonds. The lowest BCUT2D eigenvalue weighted by molar-refractivity contribution is -0.348. The van der Waals surface area contributed by atoms with Crippen molar-refractivity contribution in [2.75, 3.05) is 17.2 Å². The smallest absolute Gasteiger partial charge is 0.379 e. The second-order valence-electron chi connectivity index (χ2n) is 6.82. The number of nitrogens with one attached hydrogen (secondary N) is 2. The highest BCUT2D eigenvalue weighted by atomic mass is 127. The summed E-state index contributed by atoms with van der Waals surface area (Å²) in [6.45, 7) is 3.42. The van der Waals surface area contributed by atoms with E-state index >= 15 is 0 Å². The molecule has 0 heterocycles. The van der Waals surface area contributed by atoms with Crippen LogP contribution in [0.2, 0.25) is 0 Å². The number of anilines is 2. The average molecular weight is 632 g/mol. The number of hydrogen-bond donors (Lipinski definition) is 2. The van der Waals surface area contributed by atoms with Crippen LogP contribution in [0.5, 0.6) is 0 Å². The minimum atomic E-state index is -6.66. The second-order valence-corrected chi connectivity index (χ2v) is 7.99. The summed E-state index contributed by atoms with van der Waals surface area (Å²) in [5.74, 6) is -2.71. The topological polar surface area (TPSA) is 41.1 Å². The number of halogens is 12. The monoisotopic (exact) mass is 632 g/mol. The summed E-state index contributed by atoms with van der Waals surface area (Å²) >= 11 is 0.901. The summed E-state index contributed by atoms with van der Waals surface area (Å²) < 4.78 is 147. The van der Waals surface area contributed by atoms with Gasteiger partial charge in [0.2, 0.25) is 0 Å². The maximum atomic E-state index is 14.6. The molecule has 0 radical (unpaired) electrons. The summed E-state index contributed by atoms with van der Waals surface area (Å²) in [4.78, 5) is 12.5. The van der Waals surface area contributed by atoms with Crippen molar-refractivity contribution in [2.24, 2.45) is 0 Å². The van der Waals surface area contributed by atoms with Crippen molar-refractivity contribution in [1.29, 1.82) is 0 Å². The highest BCUT2D eigenvalue weighted by Crippen LogP contribution is 2.54. The van der Waals surface area contributed by atoms with Gasteiger partial charge < -0.3 is 10.6 Å². The third-order valence-corrected chi connectivity index (χ3v) is 5.34. The summed E-state index contributed by atoms with van der Waals surface area (Å²) in [6, 6.07) is 2.39. The molecule has 2 aromatic carbocycles. The molecule has 0 aliphatic rings. The Morgan fingerprint density at radius 1 is 0.971 bits per heavy atom. The van der Waals surface area contributed by atoms with Crippen LogP contribution in [0.15, 0.2) is 43.0 Å². The number of hydrogen-bond acceptors (Lipinski definition) is 2. The van der Waals surface area contributed by atoms with Gasteiger partial charge in [0, 0.05) is 15.7 Å². The first-order chi connectivity index (χ1) is 15.9. The first kappa shape index (κ1) is 28.6. The molecule has 2 aromatic rings. The fraction of sp³-hybridized carbons (Fsp3) is 0.250. The molecule has 2 N–H and O–H groups in total. The molecule has 0 spiro atoms. The Morgan fingerprint density at radius 2 is 1.54 bits per heavy atom. The van der Waals surface area contributed by atoms with E-state index in [9.17, 15) is 53.1 Å². The standard InChI is InChI=1S/C20H12F11IN2O/c1-2-6-33-13-5-3-4-10(14(13)21)16(35)34-15-11(18(23,24)25)7-9(8-12(15)32)17(22,19(26,27)28)20(29,30)31/h2-5,7-8,33H,1,6H2,(H,34,35). The van der Waals surface area contributed by atoms with Crippen LogP contribution in [0, 0.1) is 9.39 Å². The predicted octanol–water partition coefficient (Wildman–Crippen LogP) is 7.59. The zero-order valence-electron chi connectivity index (χ0n) is 16.8. The molecule has 2 rings (SSSR count). The Labute approximate surface area is 203 Å². The van der Waals surface area contributed by atoms with Gasteiger partial charge >= 0.3 is 24.2 Å². The molecular weight excluding hydrogens is 620 g/mol. The van der Waals surface area contributed by atoms with Crippen molar-refractivity contribution in [2.45, 2.75) is 24.2 Å². The summed E-state index contributed by atoms with van der Waals surface area (Å²) in [5.41, 5.74) is -13.1. The molecule has 0 fully saturated rings. The molecule has 35 heavy (non-hydrogen) atoms. The predicted molar refractivity (Wildman–Crippen MR) is 112 cm³/mol. The highest BCUT2D eigenvalue weighted by molar-refractivity contribution is 14.1. The van der Waals surface area contributed by atoms with Gasteiger partial charge in [0.05, 0.1) is 22.5 Å². The van der Waals surface area contributed by atoms with Crippen LogP contribution < -0.4 is 10.6 Å². The van der Waals surface area contributed by atoms with Crippen LogP contribution in [-0.4, -0.2) is 24.8 Å². The van der Waals surface area contributed by atoms with E-state index < -0.39 is 67.9 Å². The van der Waals surface area contributed by atoms with Gasteiger partial charge in [0.1, 0.15) is 0 Å². The molecular formula is C20H12F11IN2O. The van der Waals surface area contributed by atoms with Gasteiger partial charge in [-0.05, 0) is 46.9 Å². The van der Waals surface area contributed by atoms with Gasteiger partial charge in [-0.2, -0.15) is 39.5 Å². The lowest BCUT2D eigenvalue weighted by Gasteiger charge is -2.31. The van der Waals surface area contributed by atoms with Gasteiger partial charge in [-0.1, -0.05) is 12.1 Å². The first-order valence-corrected chi connectivity index (χ1v) is 10.1. The minimum Gasteiger partial charge on any atom is -0.379 e. The zero-order valence-corrected chi connectivity index (χ0v) is 19.0. The van der Waals surface area contributed by atoms with Crippen LogP contribution in [0.25, 0.3) is 0 Å². The quantitative estimate of drug-likeness (QED) is 0.196. The Balaban J connectivity index is 2.66. The first-order valence-electron chi connectivity index (χ1n) is 9.04. The van der Waals surface area contributed by atoms with Crippen molar-refractivity contribution in [3.63, 3.8) is 0 Å². The highest BCUT2D eigenvalue weighted by Gasteiger charge is 2.73. The molecule has 0 saturated heterocycles. The Bertz CT molecular complexity index is 1110. The number of amides is 1. The molecule has 0 bridgehead atoms. The average Bonchev–Trinajstić information content (AvgIpc) is 2.71. The Morgan fingerprint density at radius 3 is 2.03 bits per heavy atom. The number of carbonyl (C=O) groups excluding carboxylic acids is 1. The van der Waals surface area contributed by atoms with Crippen molar-refractivity contribution >= 4 is 39.9 Å². The largest absolute Gasteiger partial charge is 0.435 e. The Kier molecular flexibility index (Phi) is 8.03. The van der Waals surface area contributed by atoms with E-state index in [0.29, 0.717) is 0 Å². The molecule has 0 aliphatic heterocycles. The molecule has 15 heteroatoms. The summed E-state index contributed by atoms with van der Waals surface area (Å²) in [7, 11) is 0. The van der Waals surface area contributed by atoms with Crippen molar-refractivity contribution in [3.05, 3.63) is 69.1 Å². The van der Waals surface area contributed by atoms with E-state index in [2.05, 4.69) is 11.9 Å². The van der Waals surface area contributed by atoms with Gasteiger partial charge in [-0.25, -0.2) is 8.78 Å². The van der Waals surface area contributed by atoms with Gasteiger partial charge in [0.15, 0.2) is 5.82 Å². The number of carbonyl (C=O) groups is 1. The molecule has 192 valence electrons. The van der Waals surface area contributed by atoms with Crippen molar-refractivity contribution in [1.82, 2.24) is 0 Å². The van der Waals surface area contributed by atoms with E-state index in [0.717, 1.165) is 34.7 Å². The van der Waals surface area contributed by atoms with Crippen LogP contribution in [0.4, 0.5) is 59.7 Å². The van der Waals surface area contributed by atoms with Gasteiger partial charge in [-0.3, -0.25) is 4.79 Å². The van der Waals surface area contributed by atoms with E-state index in [1.165, 1.54) is 12.1 Å². The normalized spacial score (nSPS) is 12.9. The van der Waals surface area contributed by atoms with E-state index in [4.69, 9.17) is 0 Å². The third kappa shape index (κ3) is 5.64. The number of alkyl halides is 10. The SMILES string of the molecule is C=CCNc1cccc(C(=O)Nc2c(I)cc(C(F)(C(F)(F)F)C(F)(F)F)cc2C(F)(F)F)c1F. The molecule has 3 nitrogen and oxygen atoms in total. The third-order valence-electron chi connectivity index (χ3n) is 4.49. The second kappa shape index (κ2) is 9.81. The van der Waals surface area contributed by atoms with Gasteiger partial charge in [-0.15, -0.1) is 6.58 Å². The van der Waals surface area contributed by atoms with Crippen LogP contribution >= 0.6 is 22.6 Å². The lowest BCUT2D eigenvalue weighted by atomic mass is 9.92. The van der Waals surface area contributed by atoms with E-state index in [1.54, 1.807) is 5.32 Å². The number of benzene rings is 2. The van der Waals surface area contributed by atoms with E-state index in [-0.39, 0.29) is 18.3 Å². The van der Waals surface area contributed by atoms with Gasteiger partial charge in [0.25, 0.3) is 5.91 Å². The van der Waals surface area contributed by atoms with Crippen LogP contribution in [-0.2, 0) is 11.8 Å². The summed E-state index contributed by atoms with van der Waals surface area (Å²) in [5, 5.41) is 4.15. The molecule has 0 aromatic heterocycles. The molecule has 0 unspecified atom stereocenters. The van der Waals surface area contributed by atoms with Crippen LogP contribution in [0.1, 0.15) is 21.5 Å². The fourth-order valence-corrected chi connectivity index (χ4v) is 3.61. The maximum absolute atomic E-state index is 14.6. The Hall–Kier alpha value is -2.59. The maximum Gasteiger partial charge on any atom is 0.435 e. The van der Waals surface area contributed by atoms with Crippen molar-refractivity contribution < 1.29 is 53.1 Å². The molecule has 0 atom stereocenters. The van der Waals surface area contributed by atoms with Crippen LogP contribution in [0.3, 0.4) is 0 Å². The van der Waals surface area contributed by atoms with Crippen molar-refractivity contribution in [3.8, 4) is 0 Å². The zero-order chi connectivity index (χ0) is 27.0.